The van der Waals surface area contributed by atoms with Gasteiger partial charge in [-0.3, -0.25) is 4.90 Å². The van der Waals surface area contributed by atoms with Crippen molar-refractivity contribution in [3.63, 3.8) is 0 Å². The maximum atomic E-state index is 15.2. The van der Waals surface area contributed by atoms with Gasteiger partial charge in [0.1, 0.15) is 17.7 Å². The molecule has 1 N–H and O–H groups in total. The number of hydrogen-bond donors (Lipinski definition) is 1. The van der Waals surface area contributed by atoms with Gasteiger partial charge in [0.15, 0.2) is 0 Å². The average Bonchev–Trinajstić information content (AvgIpc) is 3.03. The highest BCUT2D eigenvalue weighted by Crippen LogP contribution is 2.47. The van der Waals surface area contributed by atoms with Gasteiger partial charge in [0.25, 0.3) is 0 Å². The maximum absolute atomic E-state index is 15.2. The zero-order chi connectivity index (χ0) is 23.2. The summed E-state index contributed by atoms with van der Waals surface area (Å²) in [6.45, 7) is 9.78. The number of rotatable bonds is 5. The number of nitrogens with one attached hydrogen (secondary N) is 1. The molecule has 3 heterocycles. The molecule has 2 atom stereocenters. The summed E-state index contributed by atoms with van der Waals surface area (Å²) in [5, 5.41) is 3.08. The zero-order valence-electron chi connectivity index (χ0n) is 19.7. The van der Waals surface area contributed by atoms with Crippen molar-refractivity contribution in [2.45, 2.75) is 52.2 Å². The van der Waals surface area contributed by atoms with E-state index < -0.39 is 6.09 Å². The molecule has 6 rings (SSSR count). The standard InChI is InChI=1S/C27H33FN2O3/c1-4-32-20-7-5-17(6-8-20)21-13-19-15-27(2,3)25(22(19)14-23(21)28)29-26(31)33-24-16-30-11-9-18(24)10-12-30/h5-8,13-14,18,24-25H,4,9-12,15-16H2,1-3H3,(H,29,31)/t24-,25-/m0/s1. The fraction of sp³-hybridized carbons (Fsp3) is 0.519. The van der Waals surface area contributed by atoms with Crippen molar-refractivity contribution in [1.29, 1.82) is 0 Å². The molecular weight excluding hydrogens is 419 g/mol. The second-order valence-corrected chi connectivity index (χ2v) is 10.3. The molecule has 176 valence electrons. The summed E-state index contributed by atoms with van der Waals surface area (Å²) in [6.07, 6.45) is 2.51. The molecule has 0 aromatic heterocycles. The molecule has 6 heteroatoms. The van der Waals surface area contributed by atoms with Crippen molar-refractivity contribution in [3.05, 3.63) is 53.3 Å². The first-order valence-corrected chi connectivity index (χ1v) is 12.1. The van der Waals surface area contributed by atoms with E-state index in [2.05, 4.69) is 24.1 Å². The van der Waals surface area contributed by atoms with Crippen LogP contribution in [0.5, 0.6) is 5.75 Å². The number of halogens is 1. The van der Waals surface area contributed by atoms with Crippen molar-refractivity contribution in [3.8, 4) is 16.9 Å². The number of amides is 1. The van der Waals surface area contributed by atoms with Crippen molar-refractivity contribution in [2.24, 2.45) is 11.3 Å². The molecule has 0 radical (unpaired) electrons. The van der Waals surface area contributed by atoms with E-state index in [1.54, 1.807) is 6.07 Å². The highest BCUT2D eigenvalue weighted by Gasteiger charge is 2.42. The predicted molar refractivity (Wildman–Crippen MR) is 126 cm³/mol. The first kappa shape index (κ1) is 22.2. The van der Waals surface area contributed by atoms with E-state index in [0.717, 1.165) is 61.3 Å². The van der Waals surface area contributed by atoms with Crippen LogP contribution >= 0.6 is 0 Å². The van der Waals surface area contributed by atoms with Crippen LogP contribution < -0.4 is 10.1 Å². The van der Waals surface area contributed by atoms with Crippen LogP contribution in [0.1, 0.15) is 50.8 Å². The molecule has 0 saturated carbocycles. The SMILES string of the molecule is CCOc1ccc(-c2cc3c(cc2F)[C@H](NC(=O)O[C@H]2CN4CCC2CC4)C(C)(C)C3)cc1. The number of benzene rings is 2. The monoisotopic (exact) mass is 452 g/mol. The van der Waals surface area contributed by atoms with E-state index >= 15 is 4.39 Å². The topological polar surface area (TPSA) is 50.8 Å². The molecule has 4 aliphatic rings. The van der Waals surface area contributed by atoms with Crippen LogP contribution in [0, 0.1) is 17.2 Å². The third kappa shape index (κ3) is 4.33. The summed E-state index contributed by atoms with van der Waals surface area (Å²) >= 11 is 0. The lowest BCUT2D eigenvalue weighted by Crippen LogP contribution is -2.53. The quantitative estimate of drug-likeness (QED) is 0.666. The van der Waals surface area contributed by atoms with Crippen LogP contribution in [0.3, 0.4) is 0 Å². The lowest BCUT2D eigenvalue weighted by molar-refractivity contribution is -0.0349. The molecule has 2 aromatic carbocycles. The van der Waals surface area contributed by atoms with Crippen LogP contribution in [0.4, 0.5) is 9.18 Å². The summed E-state index contributed by atoms with van der Waals surface area (Å²) in [7, 11) is 0. The fourth-order valence-corrected chi connectivity index (χ4v) is 5.79. The highest BCUT2D eigenvalue weighted by atomic mass is 19.1. The maximum Gasteiger partial charge on any atom is 0.407 e. The Labute approximate surface area is 195 Å². The van der Waals surface area contributed by atoms with E-state index in [-0.39, 0.29) is 23.4 Å². The minimum atomic E-state index is -0.393. The van der Waals surface area contributed by atoms with E-state index in [9.17, 15) is 4.79 Å². The number of fused-ring (bicyclic) bond motifs is 4. The van der Waals surface area contributed by atoms with Crippen LogP contribution in [-0.2, 0) is 11.2 Å². The number of hydrogen-bond acceptors (Lipinski definition) is 4. The Morgan fingerprint density at radius 2 is 1.91 bits per heavy atom. The van der Waals surface area contributed by atoms with Gasteiger partial charge in [0.2, 0.25) is 0 Å². The van der Waals surface area contributed by atoms with Crippen LogP contribution in [-0.4, -0.2) is 43.3 Å². The van der Waals surface area contributed by atoms with Gasteiger partial charge < -0.3 is 14.8 Å². The van der Waals surface area contributed by atoms with Crippen molar-refractivity contribution < 1.29 is 18.7 Å². The smallest absolute Gasteiger partial charge is 0.407 e. The molecule has 2 bridgehead atoms. The minimum Gasteiger partial charge on any atom is -0.494 e. The van der Waals surface area contributed by atoms with E-state index in [1.807, 2.05) is 37.3 Å². The second kappa shape index (κ2) is 8.64. The Kier molecular flexibility index (Phi) is 5.81. The molecule has 2 aromatic rings. The summed E-state index contributed by atoms with van der Waals surface area (Å²) in [5.41, 5.74) is 3.06. The fourth-order valence-electron chi connectivity index (χ4n) is 5.79. The molecule has 3 fully saturated rings. The summed E-state index contributed by atoms with van der Waals surface area (Å²) < 4.78 is 26.6. The summed E-state index contributed by atoms with van der Waals surface area (Å²) in [6, 6.07) is 10.7. The lowest BCUT2D eigenvalue weighted by atomic mass is 9.85. The Hall–Kier alpha value is -2.60. The summed E-state index contributed by atoms with van der Waals surface area (Å²) in [4.78, 5) is 15.2. The molecule has 0 spiro atoms. The van der Waals surface area contributed by atoms with Crippen molar-refractivity contribution in [2.75, 3.05) is 26.2 Å². The zero-order valence-corrected chi connectivity index (χ0v) is 19.7. The minimum absolute atomic E-state index is 0.0461. The van der Waals surface area contributed by atoms with E-state index in [4.69, 9.17) is 9.47 Å². The Bertz CT molecular complexity index is 1030. The molecule has 1 amide bonds. The summed E-state index contributed by atoms with van der Waals surface area (Å²) in [5.74, 6) is 0.946. The van der Waals surface area contributed by atoms with Crippen molar-refractivity contribution >= 4 is 6.09 Å². The average molecular weight is 453 g/mol. The Morgan fingerprint density at radius 3 is 2.55 bits per heavy atom. The van der Waals surface area contributed by atoms with E-state index in [1.165, 1.54) is 0 Å². The molecule has 1 aliphatic carbocycles. The molecule has 0 unspecified atom stereocenters. The molecular formula is C27H33FN2O3. The van der Waals surface area contributed by atoms with Gasteiger partial charge in [-0.15, -0.1) is 0 Å². The van der Waals surface area contributed by atoms with Gasteiger partial charge >= 0.3 is 6.09 Å². The second-order valence-electron chi connectivity index (χ2n) is 10.3. The van der Waals surface area contributed by atoms with Gasteiger partial charge in [0, 0.05) is 12.1 Å². The number of alkyl carbamates (subject to hydrolysis) is 1. The van der Waals surface area contributed by atoms with Gasteiger partial charge in [-0.25, -0.2) is 9.18 Å². The van der Waals surface area contributed by atoms with Crippen LogP contribution in [0.15, 0.2) is 36.4 Å². The number of carbonyl (C=O) groups is 1. The highest BCUT2D eigenvalue weighted by molar-refractivity contribution is 5.70. The van der Waals surface area contributed by atoms with Crippen LogP contribution in [0.25, 0.3) is 11.1 Å². The number of nitrogens with zero attached hydrogens (tertiary/aromatic N) is 1. The first-order chi connectivity index (χ1) is 15.8. The first-order valence-electron chi connectivity index (χ1n) is 12.1. The van der Waals surface area contributed by atoms with Gasteiger partial charge in [-0.2, -0.15) is 0 Å². The van der Waals surface area contributed by atoms with Crippen molar-refractivity contribution in [1.82, 2.24) is 10.2 Å². The molecule has 33 heavy (non-hydrogen) atoms. The molecule has 3 aliphatic heterocycles. The molecule has 3 saturated heterocycles. The van der Waals surface area contributed by atoms with Gasteiger partial charge in [-0.05, 0) is 91.6 Å². The number of piperidine rings is 3. The normalized spacial score (nSPS) is 27.2. The third-order valence-corrected chi connectivity index (χ3v) is 7.56. The van der Waals surface area contributed by atoms with Gasteiger partial charge in [0.05, 0.1) is 12.6 Å². The van der Waals surface area contributed by atoms with Crippen LogP contribution in [0.2, 0.25) is 0 Å². The third-order valence-electron chi connectivity index (χ3n) is 7.56. The largest absolute Gasteiger partial charge is 0.494 e. The lowest BCUT2D eigenvalue weighted by Gasteiger charge is -2.44. The van der Waals surface area contributed by atoms with E-state index in [0.29, 0.717) is 18.1 Å². The van der Waals surface area contributed by atoms with Gasteiger partial charge in [-0.1, -0.05) is 26.0 Å². The molecule has 5 nitrogen and oxygen atoms in total. The number of ether oxygens (including phenoxy) is 2. The Morgan fingerprint density at radius 1 is 1.18 bits per heavy atom. The Balaban J connectivity index is 1.34. The predicted octanol–water partition coefficient (Wildman–Crippen LogP) is 5.34. The number of carbonyl (C=O) groups excluding carboxylic acids is 1.